The molecule has 3 atom stereocenters. The number of aromatic nitrogens is 1. The van der Waals surface area contributed by atoms with Crippen molar-refractivity contribution in [2.24, 2.45) is 5.92 Å². The predicted octanol–water partition coefficient (Wildman–Crippen LogP) is 1.93. The molecule has 4 heteroatoms. The topological polar surface area (TPSA) is 54.0 Å². The van der Waals surface area contributed by atoms with Gasteiger partial charge in [0.15, 0.2) is 0 Å². The van der Waals surface area contributed by atoms with Crippen LogP contribution in [0.5, 0.6) is 0 Å². The Morgan fingerprint density at radius 1 is 1.45 bits per heavy atom. The summed E-state index contributed by atoms with van der Waals surface area (Å²) in [7, 11) is 0. The number of nitrogens with zero attached hydrogens (tertiary/aromatic N) is 1. The van der Waals surface area contributed by atoms with Gasteiger partial charge < -0.3 is 10.6 Å². The van der Waals surface area contributed by atoms with Crippen molar-refractivity contribution in [1.29, 1.82) is 0 Å². The van der Waals surface area contributed by atoms with E-state index in [-0.39, 0.29) is 11.9 Å². The van der Waals surface area contributed by atoms with Crippen LogP contribution in [0.1, 0.15) is 43.4 Å². The molecule has 1 saturated heterocycles. The SMILES string of the molecule is Cc1cccnc1CNC(=O)C1CC2CCCCC2N1. The lowest BCUT2D eigenvalue weighted by atomic mass is 9.85. The molecule has 1 aliphatic carbocycles. The zero-order valence-corrected chi connectivity index (χ0v) is 12.1. The standard InChI is InChI=1S/C16H23N3O/c1-11-5-4-8-17-15(11)10-18-16(20)14-9-12-6-2-3-7-13(12)19-14/h4-5,8,12-14,19H,2-3,6-7,9-10H2,1H3,(H,18,20). The van der Waals surface area contributed by atoms with Crippen LogP contribution in [0.3, 0.4) is 0 Å². The van der Waals surface area contributed by atoms with E-state index in [1.165, 1.54) is 25.7 Å². The molecule has 20 heavy (non-hydrogen) atoms. The summed E-state index contributed by atoms with van der Waals surface area (Å²) < 4.78 is 0. The second kappa shape index (κ2) is 5.92. The lowest BCUT2D eigenvalue weighted by molar-refractivity contribution is -0.123. The van der Waals surface area contributed by atoms with Gasteiger partial charge in [0.25, 0.3) is 0 Å². The average Bonchev–Trinajstić information content (AvgIpc) is 2.90. The van der Waals surface area contributed by atoms with E-state index in [2.05, 4.69) is 15.6 Å². The molecule has 2 fully saturated rings. The van der Waals surface area contributed by atoms with E-state index in [9.17, 15) is 4.79 Å². The molecule has 0 bridgehead atoms. The highest BCUT2D eigenvalue weighted by molar-refractivity contribution is 5.82. The van der Waals surface area contributed by atoms with Gasteiger partial charge in [-0.2, -0.15) is 0 Å². The highest BCUT2D eigenvalue weighted by atomic mass is 16.2. The molecule has 0 aromatic carbocycles. The van der Waals surface area contributed by atoms with Gasteiger partial charge in [0, 0.05) is 12.2 Å². The number of pyridine rings is 1. The number of rotatable bonds is 3. The van der Waals surface area contributed by atoms with Crippen molar-refractivity contribution in [1.82, 2.24) is 15.6 Å². The van der Waals surface area contributed by atoms with Gasteiger partial charge >= 0.3 is 0 Å². The summed E-state index contributed by atoms with van der Waals surface area (Å²) in [4.78, 5) is 16.6. The van der Waals surface area contributed by atoms with E-state index in [4.69, 9.17) is 0 Å². The van der Waals surface area contributed by atoms with Gasteiger partial charge in [0.05, 0.1) is 18.3 Å². The van der Waals surface area contributed by atoms with Gasteiger partial charge in [0.1, 0.15) is 0 Å². The summed E-state index contributed by atoms with van der Waals surface area (Å²) in [5.41, 5.74) is 2.08. The second-order valence-corrected chi connectivity index (χ2v) is 6.09. The third kappa shape index (κ3) is 2.85. The Labute approximate surface area is 120 Å². The van der Waals surface area contributed by atoms with Gasteiger partial charge in [-0.3, -0.25) is 9.78 Å². The van der Waals surface area contributed by atoms with Crippen molar-refractivity contribution >= 4 is 5.91 Å². The zero-order chi connectivity index (χ0) is 13.9. The minimum atomic E-state index is -0.00730. The molecule has 1 aromatic rings. The molecule has 0 radical (unpaired) electrons. The highest BCUT2D eigenvalue weighted by Crippen LogP contribution is 2.33. The number of nitrogens with one attached hydrogen (secondary N) is 2. The van der Waals surface area contributed by atoms with E-state index in [1.807, 2.05) is 19.1 Å². The number of aryl methyl sites for hydroxylation is 1. The Bertz CT molecular complexity index is 474. The van der Waals surface area contributed by atoms with Crippen molar-refractivity contribution in [3.63, 3.8) is 0 Å². The molecule has 1 aliphatic heterocycles. The van der Waals surface area contributed by atoms with Crippen molar-refractivity contribution in [3.05, 3.63) is 29.6 Å². The number of carbonyl (C=O) groups excluding carboxylic acids is 1. The summed E-state index contributed by atoms with van der Waals surface area (Å²) in [6.07, 6.45) is 7.91. The van der Waals surface area contributed by atoms with Crippen LogP contribution < -0.4 is 10.6 Å². The van der Waals surface area contributed by atoms with Gasteiger partial charge in [-0.05, 0) is 43.7 Å². The van der Waals surface area contributed by atoms with Crippen molar-refractivity contribution < 1.29 is 4.79 Å². The van der Waals surface area contributed by atoms with Crippen LogP contribution in [-0.2, 0) is 11.3 Å². The van der Waals surface area contributed by atoms with E-state index in [0.29, 0.717) is 18.5 Å². The van der Waals surface area contributed by atoms with E-state index in [1.54, 1.807) is 6.20 Å². The Kier molecular flexibility index (Phi) is 4.01. The predicted molar refractivity (Wildman–Crippen MR) is 78.1 cm³/mol. The normalized spacial score (nSPS) is 28.9. The van der Waals surface area contributed by atoms with Crippen LogP contribution in [0.4, 0.5) is 0 Å². The molecule has 2 aliphatic rings. The zero-order valence-electron chi connectivity index (χ0n) is 12.1. The fraction of sp³-hybridized carbons (Fsp3) is 0.625. The Balaban J connectivity index is 1.54. The maximum Gasteiger partial charge on any atom is 0.237 e. The highest BCUT2D eigenvalue weighted by Gasteiger charge is 2.37. The molecule has 0 spiro atoms. The first-order chi connectivity index (χ1) is 9.74. The fourth-order valence-corrected chi connectivity index (χ4v) is 3.52. The third-order valence-corrected chi connectivity index (χ3v) is 4.73. The molecule has 2 heterocycles. The first kappa shape index (κ1) is 13.6. The monoisotopic (exact) mass is 273 g/mol. The van der Waals surface area contributed by atoms with E-state index < -0.39 is 0 Å². The number of fused-ring (bicyclic) bond motifs is 1. The number of amides is 1. The van der Waals surface area contributed by atoms with Crippen molar-refractivity contribution in [2.75, 3.05) is 0 Å². The lowest BCUT2D eigenvalue weighted by Crippen LogP contribution is -2.43. The Hall–Kier alpha value is -1.42. The van der Waals surface area contributed by atoms with Gasteiger partial charge in [-0.15, -0.1) is 0 Å². The first-order valence-electron chi connectivity index (χ1n) is 7.68. The molecule has 1 aromatic heterocycles. The van der Waals surface area contributed by atoms with E-state index >= 15 is 0 Å². The summed E-state index contributed by atoms with van der Waals surface area (Å²) in [5, 5.41) is 6.54. The summed E-state index contributed by atoms with van der Waals surface area (Å²) in [6.45, 7) is 2.55. The van der Waals surface area contributed by atoms with Crippen LogP contribution in [-0.4, -0.2) is 23.0 Å². The minimum absolute atomic E-state index is 0.00730. The van der Waals surface area contributed by atoms with Crippen molar-refractivity contribution in [2.45, 2.75) is 57.7 Å². The molecule has 108 valence electrons. The van der Waals surface area contributed by atoms with Crippen molar-refractivity contribution in [3.8, 4) is 0 Å². The molecular formula is C16H23N3O. The van der Waals surface area contributed by atoms with Crippen LogP contribution in [0.25, 0.3) is 0 Å². The molecule has 3 rings (SSSR count). The maximum atomic E-state index is 12.3. The third-order valence-electron chi connectivity index (χ3n) is 4.73. The van der Waals surface area contributed by atoms with E-state index in [0.717, 1.165) is 17.7 Å². The largest absolute Gasteiger partial charge is 0.349 e. The maximum absolute atomic E-state index is 12.3. The molecule has 1 amide bonds. The second-order valence-electron chi connectivity index (χ2n) is 6.09. The summed E-state index contributed by atoms with van der Waals surface area (Å²) >= 11 is 0. The van der Waals surface area contributed by atoms with Crippen LogP contribution in [0.15, 0.2) is 18.3 Å². The summed E-state index contributed by atoms with van der Waals surface area (Å²) in [6, 6.07) is 4.50. The average molecular weight is 273 g/mol. The van der Waals surface area contributed by atoms with Crippen LogP contribution in [0.2, 0.25) is 0 Å². The van der Waals surface area contributed by atoms with Gasteiger partial charge in [0.2, 0.25) is 5.91 Å². The molecular weight excluding hydrogens is 250 g/mol. The van der Waals surface area contributed by atoms with Gasteiger partial charge in [-0.1, -0.05) is 18.9 Å². The number of hydrogen-bond donors (Lipinski definition) is 2. The molecule has 3 unspecified atom stereocenters. The quantitative estimate of drug-likeness (QED) is 0.885. The lowest BCUT2D eigenvalue weighted by Gasteiger charge is -2.24. The van der Waals surface area contributed by atoms with Crippen LogP contribution in [0, 0.1) is 12.8 Å². The van der Waals surface area contributed by atoms with Gasteiger partial charge in [-0.25, -0.2) is 0 Å². The molecule has 1 saturated carbocycles. The van der Waals surface area contributed by atoms with Crippen LogP contribution >= 0.6 is 0 Å². The molecule has 2 N–H and O–H groups in total. The number of carbonyl (C=O) groups is 1. The minimum Gasteiger partial charge on any atom is -0.349 e. The molecule has 4 nitrogen and oxygen atoms in total. The first-order valence-corrected chi connectivity index (χ1v) is 7.68. The fourth-order valence-electron chi connectivity index (χ4n) is 3.52. The Morgan fingerprint density at radius 3 is 3.10 bits per heavy atom. The summed E-state index contributed by atoms with van der Waals surface area (Å²) in [5.74, 6) is 0.834. The smallest absolute Gasteiger partial charge is 0.237 e. The Morgan fingerprint density at radius 2 is 2.30 bits per heavy atom. The number of hydrogen-bond acceptors (Lipinski definition) is 3.